The molecule has 1 fully saturated rings. The van der Waals surface area contributed by atoms with Gasteiger partial charge in [-0.25, -0.2) is 4.98 Å². The number of nitrogens with zero attached hydrogens (tertiary/aromatic N) is 2. The van der Waals surface area contributed by atoms with Crippen LogP contribution in [-0.2, 0) is 4.79 Å². The number of amides is 1. The zero-order chi connectivity index (χ0) is 19.0. The fraction of sp³-hybridized carbons (Fsp3) is 0.333. The minimum atomic E-state index is -0.951. The summed E-state index contributed by atoms with van der Waals surface area (Å²) in [6, 6.07) is 13.6. The van der Waals surface area contributed by atoms with Crippen LogP contribution in [0.15, 0.2) is 48.0 Å². The molecule has 2 heterocycles. The topological polar surface area (TPSA) is 42.4 Å². The van der Waals surface area contributed by atoms with Crippen molar-refractivity contribution in [1.82, 2.24) is 9.88 Å². The van der Waals surface area contributed by atoms with E-state index in [1.807, 2.05) is 66.7 Å². The summed E-state index contributed by atoms with van der Waals surface area (Å²) in [5.74, 6) is 0.691. The summed E-state index contributed by atoms with van der Waals surface area (Å²) in [5.41, 5.74) is 2.92. The third-order valence-electron chi connectivity index (χ3n) is 4.96. The Morgan fingerprint density at radius 1 is 1.26 bits per heavy atom. The van der Waals surface area contributed by atoms with Crippen LogP contribution in [0.3, 0.4) is 0 Å². The second-order valence-corrected chi connectivity index (χ2v) is 8.63. The average Bonchev–Trinajstić information content (AvgIpc) is 3.30. The molecular formula is C21H21ClN2O2S. The molecule has 0 spiro atoms. The van der Waals surface area contributed by atoms with Crippen LogP contribution in [0.2, 0.25) is 5.02 Å². The highest BCUT2D eigenvalue weighted by Crippen LogP contribution is 2.35. The lowest BCUT2D eigenvalue weighted by Crippen LogP contribution is -2.48. The monoisotopic (exact) mass is 400 g/mol. The number of halogens is 1. The summed E-state index contributed by atoms with van der Waals surface area (Å²) in [6.45, 7) is 4.42. The van der Waals surface area contributed by atoms with Crippen LogP contribution in [0.25, 0.3) is 10.2 Å². The molecule has 0 N–H and O–H groups in total. The van der Waals surface area contributed by atoms with Crippen molar-refractivity contribution in [2.24, 2.45) is 0 Å². The van der Waals surface area contributed by atoms with Crippen LogP contribution < -0.4 is 4.74 Å². The first kappa shape index (κ1) is 18.3. The first-order chi connectivity index (χ1) is 12.9. The molecule has 1 saturated heterocycles. The predicted molar refractivity (Wildman–Crippen MR) is 109 cm³/mol. The number of thiazole rings is 1. The van der Waals surface area contributed by atoms with Crippen LogP contribution in [-0.4, -0.2) is 27.9 Å². The molecule has 140 valence electrons. The van der Waals surface area contributed by atoms with Gasteiger partial charge in [0.1, 0.15) is 5.75 Å². The number of likely N-dealkylation sites (tertiary alicyclic amines) is 1. The lowest BCUT2D eigenvalue weighted by molar-refractivity contribution is -0.146. The average molecular weight is 401 g/mol. The zero-order valence-corrected chi connectivity index (χ0v) is 16.9. The van der Waals surface area contributed by atoms with Gasteiger partial charge in [0.05, 0.1) is 21.8 Å². The van der Waals surface area contributed by atoms with E-state index in [1.165, 1.54) is 0 Å². The SMILES string of the molecule is CC(C)(Oc1ccc2ncsc2c1)C(=O)N1CCCC1c1ccc(Cl)cc1. The number of aromatic nitrogens is 1. The van der Waals surface area contributed by atoms with Gasteiger partial charge in [0, 0.05) is 11.6 Å². The summed E-state index contributed by atoms with van der Waals surface area (Å²) < 4.78 is 7.18. The third kappa shape index (κ3) is 3.66. The number of rotatable bonds is 4. The van der Waals surface area contributed by atoms with Gasteiger partial charge in [-0.1, -0.05) is 23.7 Å². The van der Waals surface area contributed by atoms with E-state index in [1.54, 1.807) is 11.3 Å². The lowest BCUT2D eigenvalue weighted by atomic mass is 10.0. The molecule has 1 aliphatic rings. The highest BCUT2D eigenvalue weighted by atomic mass is 35.5. The smallest absolute Gasteiger partial charge is 0.266 e. The van der Waals surface area contributed by atoms with Gasteiger partial charge < -0.3 is 9.64 Å². The maximum absolute atomic E-state index is 13.3. The Morgan fingerprint density at radius 3 is 2.81 bits per heavy atom. The van der Waals surface area contributed by atoms with Crippen molar-refractivity contribution in [1.29, 1.82) is 0 Å². The van der Waals surface area contributed by atoms with Gasteiger partial charge in [-0.3, -0.25) is 4.79 Å². The molecule has 4 rings (SSSR count). The number of hydrogen-bond donors (Lipinski definition) is 0. The van der Waals surface area contributed by atoms with Crippen LogP contribution in [0, 0.1) is 0 Å². The number of fused-ring (bicyclic) bond motifs is 1. The van der Waals surface area contributed by atoms with Gasteiger partial charge >= 0.3 is 0 Å². The molecule has 2 aromatic carbocycles. The first-order valence-electron chi connectivity index (χ1n) is 9.03. The predicted octanol–water partition coefficient (Wildman–Crippen LogP) is 5.47. The van der Waals surface area contributed by atoms with E-state index in [-0.39, 0.29) is 11.9 Å². The molecular weight excluding hydrogens is 380 g/mol. The molecule has 1 atom stereocenters. The lowest BCUT2D eigenvalue weighted by Gasteiger charge is -2.33. The van der Waals surface area contributed by atoms with E-state index in [4.69, 9.17) is 16.3 Å². The van der Waals surface area contributed by atoms with Crippen molar-refractivity contribution in [3.63, 3.8) is 0 Å². The fourth-order valence-corrected chi connectivity index (χ4v) is 4.46. The summed E-state index contributed by atoms with van der Waals surface area (Å²) >= 11 is 7.57. The molecule has 3 aromatic rings. The van der Waals surface area contributed by atoms with E-state index in [9.17, 15) is 4.79 Å². The third-order valence-corrected chi connectivity index (χ3v) is 6.00. The Morgan fingerprint density at radius 2 is 2.04 bits per heavy atom. The summed E-state index contributed by atoms with van der Waals surface area (Å²) in [6.07, 6.45) is 1.94. The van der Waals surface area contributed by atoms with Crippen LogP contribution >= 0.6 is 22.9 Å². The second kappa shape index (κ2) is 7.13. The molecule has 0 saturated carbocycles. The highest BCUT2D eigenvalue weighted by molar-refractivity contribution is 7.16. The molecule has 1 aliphatic heterocycles. The summed E-state index contributed by atoms with van der Waals surface area (Å²) in [4.78, 5) is 19.5. The Kier molecular flexibility index (Phi) is 4.82. The van der Waals surface area contributed by atoms with Gasteiger partial charge in [-0.15, -0.1) is 11.3 Å². The minimum Gasteiger partial charge on any atom is -0.478 e. The molecule has 0 bridgehead atoms. The first-order valence-corrected chi connectivity index (χ1v) is 10.3. The molecule has 6 heteroatoms. The molecule has 4 nitrogen and oxygen atoms in total. The maximum Gasteiger partial charge on any atom is 0.266 e. The largest absolute Gasteiger partial charge is 0.478 e. The number of carbonyl (C=O) groups is 1. The maximum atomic E-state index is 13.3. The second-order valence-electron chi connectivity index (χ2n) is 7.30. The molecule has 1 aromatic heterocycles. The van der Waals surface area contributed by atoms with Crippen molar-refractivity contribution < 1.29 is 9.53 Å². The van der Waals surface area contributed by atoms with Gasteiger partial charge in [0.25, 0.3) is 5.91 Å². The minimum absolute atomic E-state index is 0.00403. The van der Waals surface area contributed by atoms with E-state index in [2.05, 4.69) is 4.98 Å². The Labute approximate surface area is 167 Å². The molecule has 0 radical (unpaired) electrons. The number of hydrogen-bond acceptors (Lipinski definition) is 4. The number of benzene rings is 2. The summed E-state index contributed by atoms with van der Waals surface area (Å²) in [7, 11) is 0. The van der Waals surface area contributed by atoms with Crippen molar-refractivity contribution in [2.45, 2.75) is 38.3 Å². The normalized spacial score (nSPS) is 17.4. The Hall–Kier alpha value is -2.11. The van der Waals surface area contributed by atoms with E-state index in [0.29, 0.717) is 10.8 Å². The van der Waals surface area contributed by atoms with Crippen molar-refractivity contribution in [3.8, 4) is 5.75 Å². The fourth-order valence-electron chi connectivity index (χ4n) is 3.62. The molecule has 0 aliphatic carbocycles. The van der Waals surface area contributed by atoms with Crippen molar-refractivity contribution in [2.75, 3.05) is 6.54 Å². The van der Waals surface area contributed by atoms with Crippen LogP contribution in [0.4, 0.5) is 0 Å². The van der Waals surface area contributed by atoms with Gasteiger partial charge in [0.2, 0.25) is 0 Å². The highest BCUT2D eigenvalue weighted by Gasteiger charge is 2.40. The van der Waals surface area contributed by atoms with Crippen LogP contribution in [0.1, 0.15) is 38.3 Å². The van der Waals surface area contributed by atoms with E-state index < -0.39 is 5.60 Å². The number of carbonyl (C=O) groups excluding carboxylic acids is 1. The van der Waals surface area contributed by atoms with E-state index in [0.717, 1.165) is 35.2 Å². The van der Waals surface area contributed by atoms with Gasteiger partial charge in [-0.05, 0) is 62.6 Å². The number of ether oxygens (including phenoxy) is 1. The van der Waals surface area contributed by atoms with Crippen LogP contribution in [0.5, 0.6) is 5.75 Å². The molecule has 27 heavy (non-hydrogen) atoms. The van der Waals surface area contributed by atoms with Gasteiger partial charge in [0.15, 0.2) is 5.60 Å². The van der Waals surface area contributed by atoms with E-state index >= 15 is 0 Å². The Bertz CT molecular complexity index is 968. The summed E-state index contributed by atoms with van der Waals surface area (Å²) in [5, 5.41) is 0.705. The quantitative estimate of drug-likeness (QED) is 0.583. The zero-order valence-electron chi connectivity index (χ0n) is 15.3. The molecule has 1 amide bonds. The molecule has 1 unspecified atom stereocenters. The Balaban J connectivity index is 1.54. The standard InChI is InChI=1S/C21H21ClN2O2S/c1-21(2,26-16-9-10-17-19(12-16)27-13-23-17)20(25)24-11-3-4-18(24)14-5-7-15(22)8-6-14/h5-10,12-13,18H,3-4,11H2,1-2H3. The van der Waals surface area contributed by atoms with Crippen molar-refractivity contribution >= 4 is 39.1 Å². The van der Waals surface area contributed by atoms with Gasteiger partial charge in [-0.2, -0.15) is 0 Å². The van der Waals surface area contributed by atoms with Crippen molar-refractivity contribution in [3.05, 3.63) is 58.6 Å².